The van der Waals surface area contributed by atoms with Crippen LogP contribution in [0.5, 0.6) is 0 Å². The Morgan fingerprint density at radius 3 is 2.35 bits per heavy atom. The quantitative estimate of drug-likeness (QED) is 0.660. The van der Waals surface area contributed by atoms with Crippen molar-refractivity contribution >= 4 is 11.8 Å². The number of rotatable bonds is 8. The van der Waals surface area contributed by atoms with Crippen LogP contribution in [-0.4, -0.2) is 85.9 Å². The number of amides is 2. The van der Waals surface area contributed by atoms with E-state index in [1.807, 2.05) is 25.8 Å². The van der Waals surface area contributed by atoms with Crippen LogP contribution in [-0.2, 0) is 9.59 Å². The van der Waals surface area contributed by atoms with E-state index in [4.69, 9.17) is 0 Å². The van der Waals surface area contributed by atoms with Crippen molar-refractivity contribution in [2.24, 2.45) is 11.8 Å². The van der Waals surface area contributed by atoms with E-state index >= 15 is 0 Å². The molecule has 26 heavy (non-hydrogen) atoms. The molecule has 2 amide bonds. The van der Waals surface area contributed by atoms with Crippen LogP contribution in [0.3, 0.4) is 0 Å². The lowest BCUT2D eigenvalue weighted by Crippen LogP contribution is -2.50. The van der Waals surface area contributed by atoms with Crippen molar-refractivity contribution < 1.29 is 9.59 Å². The second-order valence-corrected chi connectivity index (χ2v) is 8.25. The first kappa shape index (κ1) is 21.2. The summed E-state index contributed by atoms with van der Waals surface area (Å²) < 4.78 is 0. The Balaban J connectivity index is 1.57. The number of unbranched alkanes of at least 4 members (excludes halogenated alkanes) is 1. The second kappa shape index (κ2) is 10.9. The van der Waals surface area contributed by atoms with Gasteiger partial charge in [0.15, 0.2) is 0 Å². The predicted octanol–water partition coefficient (Wildman–Crippen LogP) is 1.41. The molecule has 2 aliphatic rings. The molecule has 2 aliphatic heterocycles. The van der Waals surface area contributed by atoms with Crippen molar-refractivity contribution in [1.82, 2.24) is 20.0 Å². The third kappa shape index (κ3) is 6.88. The number of nitrogens with zero attached hydrogens (tertiary/aromatic N) is 3. The molecule has 0 aromatic carbocycles. The molecule has 0 aromatic rings. The minimum atomic E-state index is 0.0443. The first-order chi connectivity index (χ1) is 12.5. The molecule has 2 saturated heterocycles. The number of piperidine rings is 1. The summed E-state index contributed by atoms with van der Waals surface area (Å²) in [7, 11) is 1.85. The molecule has 0 unspecified atom stereocenters. The number of carbonyl (C=O) groups is 2. The Hall–Kier alpha value is -1.14. The molecule has 1 N–H and O–H groups in total. The number of carbonyl (C=O) groups excluding carboxylic acids is 2. The van der Waals surface area contributed by atoms with Crippen molar-refractivity contribution in [3.8, 4) is 0 Å². The predicted molar refractivity (Wildman–Crippen MR) is 105 cm³/mol. The van der Waals surface area contributed by atoms with Gasteiger partial charge in [0.1, 0.15) is 0 Å². The van der Waals surface area contributed by atoms with Gasteiger partial charge in [-0.2, -0.15) is 0 Å². The van der Waals surface area contributed by atoms with Crippen molar-refractivity contribution in [3.05, 3.63) is 0 Å². The molecule has 2 rings (SSSR count). The van der Waals surface area contributed by atoms with Crippen LogP contribution < -0.4 is 5.32 Å². The van der Waals surface area contributed by atoms with E-state index in [-0.39, 0.29) is 17.7 Å². The molecule has 2 fully saturated rings. The highest BCUT2D eigenvalue weighted by atomic mass is 16.2. The van der Waals surface area contributed by atoms with Crippen molar-refractivity contribution in [2.45, 2.75) is 46.0 Å². The molecule has 0 atom stereocenters. The molecule has 2 heterocycles. The van der Waals surface area contributed by atoms with Gasteiger partial charge in [-0.3, -0.25) is 14.5 Å². The molecule has 0 aromatic heterocycles. The minimum absolute atomic E-state index is 0.0443. The van der Waals surface area contributed by atoms with E-state index < -0.39 is 0 Å². The summed E-state index contributed by atoms with van der Waals surface area (Å²) in [5.74, 6) is 1.33. The van der Waals surface area contributed by atoms with Gasteiger partial charge in [0, 0.05) is 58.7 Å². The van der Waals surface area contributed by atoms with Crippen LogP contribution in [0.2, 0.25) is 0 Å². The summed E-state index contributed by atoms with van der Waals surface area (Å²) >= 11 is 0. The first-order valence-corrected chi connectivity index (χ1v) is 10.4. The van der Waals surface area contributed by atoms with Crippen LogP contribution in [0.25, 0.3) is 0 Å². The van der Waals surface area contributed by atoms with Gasteiger partial charge in [0.2, 0.25) is 11.8 Å². The normalized spacial score (nSPS) is 19.8. The molecular formula is C20H38N4O2. The number of hydrogen-bond donors (Lipinski definition) is 1. The van der Waals surface area contributed by atoms with Gasteiger partial charge in [-0.05, 0) is 44.7 Å². The summed E-state index contributed by atoms with van der Waals surface area (Å²) in [5, 5.41) is 3.42. The van der Waals surface area contributed by atoms with Gasteiger partial charge >= 0.3 is 0 Å². The number of nitrogens with one attached hydrogen (secondary N) is 1. The highest BCUT2D eigenvalue weighted by molar-refractivity contribution is 5.78. The average Bonchev–Trinajstić information content (AvgIpc) is 2.65. The Labute approximate surface area is 159 Å². The van der Waals surface area contributed by atoms with Crippen LogP contribution in [0.1, 0.15) is 46.0 Å². The van der Waals surface area contributed by atoms with Crippen LogP contribution in [0, 0.1) is 11.8 Å². The fraction of sp³-hybridized carbons (Fsp3) is 0.900. The molecular weight excluding hydrogens is 328 g/mol. The lowest BCUT2D eigenvalue weighted by molar-refractivity contribution is -0.133. The fourth-order valence-corrected chi connectivity index (χ4v) is 3.94. The minimum Gasteiger partial charge on any atom is -0.346 e. The lowest BCUT2D eigenvalue weighted by atomic mass is 9.97. The molecule has 0 radical (unpaired) electrons. The van der Waals surface area contributed by atoms with E-state index in [1.165, 1.54) is 19.4 Å². The maximum Gasteiger partial charge on any atom is 0.224 e. The summed E-state index contributed by atoms with van der Waals surface area (Å²) in [6, 6.07) is 0. The van der Waals surface area contributed by atoms with Crippen LogP contribution >= 0.6 is 0 Å². The van der Waals surface area contributed by atoms with Crippen LogP contribution in [0.4, 0.5) is 0 Å². The van der Waals surface area contributed by atoms with Gasteiger partial charge in [0.25, 0.3) is 0 Å². The Kier molecular flexibility index (Phi) is 8.85. The Bertz CT molecular complexity index is 441. The first-order valence-electron chi connectivity index (χ1n) is 10.4. The van der Waals surface area contributed by atoms with E-state index in [0.29, 0.717) is 6.42 Å². The number of piperazine rings is 1. The Morgan fingerprint density at radius 2 is 1.73 bits per heavy atom. The smallest absolute Gasteiger partial charge is 0.224 e. The SMILES string of the molecule is CC(C)C(=O)N(C)CCCCC(=O)N1CCN(CC2CCNCC2)CC1. The van der Waals surface area contributed by atoms with Gasteiger partial charge in [-0.25, -0.2) is 0 Å². The largest absolute Gasteiger partial charge is 0.346 e. The molecule has 0 bridgehead atoms. The van der Waals surface area contributed by atoms with Crippen molar-refractivity contribution in [1.29, 1.82) is 0 Å². The molecule has 0 saturated carbocycles. The second-order valence-electron chi connectivity index (χ2n) is 8.25. The van der Waals surface area contributed by atoms with Crippen molar-refractivity contribution in [3.63, 3.8) is 0 Å². The molecule has 0 aliphatic carbocycles. The Morgan fingerprint density at radius 1 is 1.08 bits per heavy atom. The van der Waals surface area contributed by atoms with E-state index in [9.17, 15) is 9.59 Å². The molecule has 6 nitrogen and oxygen atoms in total. The fourth-order valence-electron chi connectivity index (χ4n) is 3.94. The maximum atomic E-state index is 12.4. The maximum absolute atomic E-state index is 12.4. The van der Waals surface area contributed by atoms with E-state index in [2.05, 4.69) is 10.2 Å². The highest BCUT2D eigenvalue weighted by Crippen LogP contribution is 2.15. The zero-order chi connectivity index (χ0) is 18.9. The third-order valence-corrected chi connectivity index (χ3v) is 5.70. The standard InChI is InChI=1S/C20H38N4O2/c1-17(2)20(26)22(3)11-5-4-6-19(25)24-14-12-23(13-15-24)16-18-7-9-21-10-8-18/h17-18,21H,4-16H2,1-3H3. The number of hydrogen-bond acceptors (Lipinski definition) is 4. The molecule has 0 spiro atoms. The van der Waals surface area contributed by atoms with E-state index in [0.717, 1.165) is 64.6 Å². The summed E-state index contributed by atoms with van der Waals surface area (Å²) in [6.07, 6.45) is 4.94. The lowest BCUT2D eigenvalue weighted by Gasteiger charge is -2.37. The van der Waals surface area contributed by atoms with Gasteiger partial charge in [0.05, 0.1) is 0 Å². The molecule has 150 valence electrons. The van der Waals surface area contributed by atoms with Gasteiger partial charge < -0.3 is 15.1 Å². The third-order valence-electron chi connectivity index (χ3n) is 5.70. The van der Waals surface area contributed by atoms with Crippen LogP contribution in [0.15, 0.2) is 0 Å². The highest BCUT2D eigenvalue weighted by Gasteiger charge is 2.23. The summed E-state index contributed by atoms with van der Waals surface area (Å²) in [5.41, 5.74) is 0. The van der Waals surface area contributed by atoms with Gasteiger partial charge in [-0.1, -0.05) is 13.8 Å². The zero-order valence-corrected chi connectivity index (χ0v) is 17.0. The van der Waals surface area contributed by atoms with Gasteiger partial charge in [-0.15, -0.1) is 0 Å². The van der Waals surface area contributed by atoms with E-state index in [1.54, 1.807) is 4.90 Å². The zero-order valence-electron chi connectivity index (χ0n) is 17.0. The van der Waals surface area contributed by atoms with Crippen molar-refractivity contribution in [2.75, 3.05) is 59.4 Å². The topological polar surface area (TPSA) is 55.9 Å². The molecule has 6 heteroatoms. The summed E-state index contributed by atoms with van der Waals surface area (Å²) in [6.45, 7) is 11.9. The summed E-state index contributed by atoms with van der Waals surface area (Å²) in [4.78, 5) is 30.6. The average molecular weight is 367 g/mol. The monoisotopic (exact) mass is 366 g/mol.